The van der Waals surface area contributed by atoms with Gasteiger partial charge in [-0.25, -0.2) is 0 Å². The van der Waals surface area contributed by atoms with Crippen molar-refractivity contribution in [1.82, 2.24) is 4.90 Å². The summed E-state index contributed by atoms with van der Waals surface area (Å²) in [4.78, 5) is 13.1. The zero-order valence-corrected chi connectivity index (χ0v) is 9.48. The summed E-state index contributed by atoms with van der Waals surface area (Å²) in [5.74, 6) is 1.31. The standard InChI is InChI=1S/C10H18N2OS/c1-8(13)12-4-2-10(3-5-12)6-9(11)7-14-10/h9H,2-7,11H2,1H3. The second-order valence-corrected chi connectivity index (χ2v) is 5.95. The molecule has 2 aliphatic rings. The van der Waals surface area contributed by atoms with Gasteiger partial charge in [-0.3, -0.25) is 4.79 Å². The molecule has 3 nitrogen and oxygen atoms in total. The first-order chi connectivity index (χ1) is 6.61. The smallest absolute Gasteiger partial charge is 0.219 e. The van der Waals surface area contributed by atoms with Crippen molar-refractivity contribution in [2.24, 2.45) is 5.73 Å². The van der Waals surface area contributed by atoms with Gasteiger partial charge in [-0.15, -0.1) is 0 Å². The first-order valence-electron chi connectivity index (χ1n) is 5.26. The highest BCUT2D eigenvalue weighted by Crippen LogP contribution is 2.45. The van der Waals surface area contributed by atoms with Crippen LogP contribution in [0.4, 0.5) is 0 Å². The van der Waals surface area contributed by atoms with Crippen molar-refractivity contribution in [3.8, 4) is 0 Å². The van der Waals surface area contributed by atoms with E-state index in [1.807, 2.05) is 16.7 Å². The number of rotatable bonds is 0. The molecule has 2 heterocycles. The molecule has 14 heavy (non-hydrogen) atoms. The average molecular weight is 214 g/mol. The maximum Gasteiger partial charge on any atom is 0.219 e. The fourth-order valence-electron chi connectivity index (χ4n) is 2.46. The van der Waals surface area contributed by atoms with Crippen molar-refractivity contribution < 1.29 is 4.79 Å². The van der Waals surface area contributed by atoms with Gasteiger partial charge in [0.25, 0.3) is 0 Å². The van der Waals surface area contributed by atoms with Crippen LogP contribution in [0.3, 0.4) is 0 Å². The molecule has 1 atom stereocenters. The molecule has 2 fully saturated rings. The molecule has 0 aromatic carbocycles. The van der Waals surface area contributed by atoms with Crippen LogP contribution in [-0.2, 0) is 4.79 Å². The van der Waals surface area contributed by atoms with Gasteiger partial charge < -0.3 is 10.6 Å². The van der Waals surface area contributed by atoms with Crippen molar-refractivity contribution in [2.45, 2.75) is 37.0 Å². The normalized spacial score (nSPS) is 31.0. The molecule has 0 aliphatic carbocycles. The number of carbonyl (C=O) groups is 1. The molecule has 2 rings (SSSR count). The summed E-state index contributed by atoms with van der Waals surface area (Å²) in [5.41, 5.74) is 5.93. The Morgan fingerprint density at radius 1 is 1.50 bits per heavy atom. The number of nitrogens with zero attached hydrogens (tertiary/aromatic N) is 1. The number of amides is 1. The molecule has 1 amide bonds. The number of hydrogen-bond donors (Lipinski definition) is 1. The van der Waals surface area contributed by atoms with Crippen LogP contribution in [0.25, 0.3) is 0 Å². The summed E-state index contributed by atoms with van der Waals surface area (Å²) < 4.78 is 0.408. The largest absolute Gasteiger partial charge is 0.343 e. The van der Waals surface area contributed by atoms with Gasteiger partial charge >= 0.3 is 0 Å². The van der Waals surface area contributed by atoms with Crippen molar-refractivity contribution in [1.29, 1.82) is 0 Å². The van der Waals surface area contributed by atoms with E-state index >= 15 is 0 Å². The van der Waals surface area contributed by atoms with Crippen molar-refractivity contribution in [3.63, 3.8) is 0 Å². The van der Waals surface area contributed by atoms with Crippen LogP contribution >= 0.6 is 11.8 Å². The van der Waals surface area contributed by atoms with Gasteiger partial charge in [0, 0.05) is 36.6 Å². The molecule has 0 saturated carbocycles. The fraction of sp³-hybridized carbons (Fsp3) is 0.900. The Balaban J connectivity index is 1.92. The van der Waals surface area contributed by atoms with Crippen LogP contribution in [0.2, 0.25) is 0 Å². The number of piperidine rings is 1. The molecule has 80 valence electrons. The van der Waals surface area contributed by atoms with Crippen LogP contribution < -0.4 is 5.73 Å². The highest BCUT2D eigenvalue weighted by molar-refractivity contribution is 8.01. The zero-order chi connectivity index (χ0) is 10.2. The Kier molecular flexibility index (Phi) is 2.75. The second-order valence-electron chi connectivity index (χ2n) is 4.46. The third-order valence-electron chi connectivity index (χ3n) is 3.36. The molecule has 0 aromatic rings. The van der Waals surface area contributed by atoms with Gasteiger partial charge in [0.1, 0.15) is 0 Å². The van der Waals surface area contributed by atoms with Crippen molar-refractivity contribution >= 4 is 17.7 Å². The maximum atomic E-state index is 11.2. The van der Waals surface area contributed by atoms with E-state index in [1.165, 1.54) is 0 Å². The van der Waals surface area contributed by atoms with E-state index in [0.29, 0.717) is 10.8 Å². The second kappa shape index (κ2) is 3.74. The third-order valence-corrected chi connectivity index (χ3v) is 5.14. The molecule has 2 saturated heterocycles. The molecule has 4 heteroatoms. The molecule has 0 radical (unpaired) electrons. The number of carbonyl (C=O) groups excluding carboxylic acids is 1. The van der Waals surface area contributed by atoms with E-state index in [-0.39, 0.29) is 5.91 Å². The number of likely N-dealkylation sites (tertiary alicyclic amines) is 1. The molecule has 0 aromatic heterocycles. The highest BCUT2D eigenvalue weighted by atomic mass is 32.2. The molecule has 1 unspecified atom stereocenters. The van der Waals surface area contributed by atoms with E-state index < -0.39 is 0 Å². The van der Waals surface area contributed by atoms with Crippen molar-refractivity contribution in [3.05, 3.63) is 0 Å². The summed E-state index contributed by atoms with van der Waals surface area (Å²) in [5, 5.41) is 0. The minimum atomic E-state index is 0.215. The van der Waals surface area contributed by atoms with Crippen LogP contribution in [0, 0.1) is 0 Å². The quantitative estimate of drug-likeness (QED) is 0.650. The maximum absolute atomic E-state index is 11.2. The lowest BCUT2D eigenvalue weighted by atomic mass is 9.90. The summed E-state index contributed by atoms with van der Waals surface area (Å²) in [6, 6.07) is 0.379. The van der Waals surface area contributed by atoms with Gasteiger partial charge in [0.15, 0.2) is 0 Å². The van der Waals surface area contributed by atoms with Crippen LogP contribution in [0.1, 0.15) is 26.2 Å². The van der Waals surface area contributed by atoms with Gasteiger partial charge in [0.05, 0.1) is 0 Å². The minimum absolute atomic E-state index is 0.215. The first kappa shape index (κ1) is 10.3. The minimum Gasteiger partial charge on any atom is -0.343 e. The lowest BCUT2D eigenvalue weighted by Gasteiger charge is -2.38. The number of thioether (sulfide) groups is 1. The average Bonchev–Trinajstić information content (AvgIpc) is 2.48. The Morgan fingerprint density at radius 3 is 2.57 bits per heavy atom. The molecule has 0 bridgehead atoms. The Bertz CT molecular complexity index is 236. The highest BCUT2D eigenvalue weighted by Gasteiger charge is 2.41. The van der Waals surface area contributed by atoms with Gasteiger partial charge in [-0.1, -0.05) is 0 Å². The van der Waals surface area contributed by atoms with Gasteiger partial charge in [0.2, 0.25) is 5.91 Å². The van der Waals surface area contributed by atoms with E-state index in [2.05, 4.69) is 0 Å². The molecular weight excluding hydrogens is 196 g/mol. The van der Waals surface area contributed by atoms with Gasteiger partial charge in [-0.05, 0) is 19.3 Å². The van der Waals surface area contributed by atoms with Crippen LogP contribution in [-0.4, -0.2) is 40.4 Å². The number of nitrogens with two attached hydrogens (primary N) is 1. The Morgan fingerprint density at radius 2 is 2.14 bits per heavy atom. The molecule has 2 aliphatic heterocycles. The summed E-state index contributed by atoms with van der Waals surface area (Å²) in [6.45, 7) is 3.51. The van der Waals surface area contributed by atoms with E-state index in [4.69, 9.17) is 5.73 Å². The molecular formula is C10H18N2OS. The molecule has 2 N–H and O–H groups in total. The summed E-state index contributed by atoms with van der Waals surface area (Å²) >= 11 is 2.02. The molecule has 1 spiro atoms. The lowest BCUT2D eigenvalue weighted by molar-refractivity contribution is -0.129. The predicted molar refractivity (Wildman–Crippen MR) is 59.3 cm³/mol. The first-order valence-corrected chi connectivity index (χ1v) is 6.25. The van der Waals surface area contributed by atoms with E-state index in [0.717, 1.165) is 38.1 Å². The lowest BCUT2D eigenvalue weighted by Crippen LogP contribution is -2.44. The summed E-state index contributed by atoms with van der Waals surface area (Å²) in [7, 11) is 0. The summed E-state index contributed by atoms with van der Waals surface area (Å²) in [6.07, 6.45) is 3.40. The van der Waals surface area contributed by atoms with Crippen LogP contribution in [0.15, 0.2) is 0 Å². The monoisotopic (exact) mass is 214 g/mol. The Hall–Kier alpha value is -0.220. The number of hydrogen-bond acceptors (Lipinski definition) is 3. The van der Waals surface area contributed by atoms with Crippen molar-refractivity contribution in [2.75, 3.05) is 18.8 Å². The Labute approximate surface area is 89.4 Å². The topological polar surface area (TPSA) is 46.3 Å². The third kappa shape index (κ3) is 1.91. The zero-order valence-electron chi connectivity index (χ0n) is 8.66. The van der Waals surface area contributed by atoms with Gasteiger partial charge in [-0.2, -0.15) is 11.8 Å². The SMILES string of the molecule is CC(=O)N1CCC2(CC1)CC(N)CS2. The van der Waals surface area contributed by atoms with E-state index in [1.54, 1.807) is 6.92 Å². The predicted octanol–water partition coefficient (Wildman–Crippen LogP) is 0.832. The fourth-order valence-corrected chi connectivity index (χ4v) is 3.95. The van der Waals surface area contributed by atoms with Crippen LogP contribution in [0.5, 0.6) is 0 Å². The van der Waals surface area contributed by atoms with E-state index in [9.17, 15) is 4.79 Å².